The molecule has 0 aliphatic carbocycles. The van der Waals surface area contributed by atoms with E-state index in [-0.39, 0.29) is 6.79 Å². The van der Waals surface area contributed by atoms with E-state index < -0.39 is 0 Å². The van der Waals surface area contributed by atoms with Crippen molar-refractivity contribution in [2.75, 3.05) is 27.6 Å². The highest BCUT2D eigenvalue weighted by Crippen LogP contribution is 2.36. The predicted octanol–water partition coefficient (Wildman–Crippen LogP) is 2.06. The average molecular weight is 351 g/mol. The summed E-state index contributed by atoms with van der Waals surface area (Å²) in [5, 5.41) is 2.02. The van der Waals surface area contributed by atoms with Gasteiger partial charge < -0.3 is 18.9 Å². The quantitative estimate of drug-likeness (QED) is 0.849. The minimum absolute atomic E-state index is 0.277. The monoisotopic (exact) mass is 351 g/mol. The lowest BCUT2D eigenvalue weighted by Gasteiger charge is -2.16. The Kier molecular flexibility index (Phi) is 4.29. The van der Waals surface area contributed by atoms with Crippen molar-refractivity contribution >= 4 is 17.9 Å². The van der Waals surface area contributed by atoms with Crippen LogP contribution in [0.15, 0.2) is 29.3 Å². The standard InChI is InChI=1S/C21H21NO4/c1-4-15-13(5-6-18(23-2)21(15)24-3)9-17-16-11-20-19(25-12-26-20)10-14(16)7-8-22-17/h4-6,9-11H,7-8,12H2,1-3H3/b13-9-,15-4+. The maximum atomic E-state index is 5.57. The fourth-order valence-corrected chi connectivity index (χ4v) is 3.47. The van der Waals surface area contributed by atoms with E-state index in [9.17, 15) is 0 Å². The van der Waals surface area contributed by atoms with Gasteiger partial charge in [-0.15, -0.1) is 0 Å². The van der Waals surface area contributed by atoms with Crippen LogP contribution >= 0.6 is 0 Å². The Labute approximate surface area is 152 Å². The van der Waals surface area contributed by atoms with Crippen molar-refractivity contribution in [3.05, 3.63) is 45.8 Å². The SMILES string of the molecule is C/C=c1/c(OC)c(OC)cc/c1=C/C1=NCCc2cc3c(cc21)OCO3. The summed E-state index contributed by atoms with van der Waals surface area (Å²) < 4.78 is 22.0. The number of ether oxygens (including phenoxy) is 4. The highest BCUT2D eigenvalue weighted by Gasteiger charge is 2.21. The Bertz CT molecular complexity index is 1010. The number of fused-ring (bicyclic) bond motifs is 2. The van der Waals surface area contributed by atoms with Crippen molar-refractivity contribution in [1.29, 1.82) is 0 Å². The second-order valence-electron chi connectivity index (χ2n) is 6.12. The molecule has 2 aromatic rings. The first-order chi connectivity index (χ1) is 12.7. The molecule has 0 bridgehead atoms. The molecule has 2 aromatic carbocycles. The van der Waals surface area contributed by atoms with Gasteiger partial charge in [0.1, 0.15) is 0 Å². The number of methoxy groups -OCH3 is 2. The maximum absolute atomic E-state index is 5.57. The first kappa shape index (κ1) is 16.5. The van der Waals surface area contributed by atoms with Crippen molar-refractivity contribution in [3.8, 4) is 23.0 Å². The second-order valence-corrected chi connectivity index (χ2v) is 6.12. The molecule has 0 radical (unpaired) electrons. The van der Waals surface area contributed by atoms with Gasteiger partial charge in [-0.05, 0) is 48.4 Å². The lowest BCUT2D eigenvalue weighted by molar-refractivity contribution is 0.174. The van der Waals surface area contributed by atoms with Gasteiger partial charge >= 0.3 is 0 Å². The van der Waals surface area contributed by atoms with Crippen LogP contribution in [0.4, 0.5) is 0 Å². The van der Waals surface area contributed by atoms with E-state index in [0.717, 1.165) is 51.9 Å². The van der Waals surface area contributed by atoms with E-state index in [0.29, 0.717) is 5.75 Å². The minimum Gasteiger partial charge on any atom is -0.493 e. The van der Waals surface area contributed by atoms with Crippen LogP contribution < -0.4 is 29.4 Å². The summed E-state index contributed by atoms with van der Waals surface area (Å²) in [5.74, 6) is 3.04. The number of nitrogens with zero attached hydrogens (tertiary/aromatic N) is 1. The molecule has 0 saturated heterocycles. The van der Waals surface area contributed by atoms with Crippen molar-refractivity contribution in [1.82, 2.24) is 0 Å². The van der Waals surface area contributed by atoms with E-state index in [1.54, 1.807) is 14.2 Å². The minimum atomic E-state index is 0.277. The van der Waals surface area contributed by atoms with E-state index in [4.69, 9.17) is 23.9 Å². The average Bonchev–Trinajstić information content (AvgIpc) is 3.13. The summed E-state index contributed by atoms with van der Waals surface area (Å²) in [7, 11) is 3.30. The largest absolute Gasteiger partial charge is 0.493 e. The van der Waals surface area contributed by atoms with Crippen LogP contribution in [0.25, 0.3) is 12.2 Å². The van der Waals surface area contributed by atoms with Gasteiger partial charge in [-0.1, -0.05) is 12.1 Å². The molecule has 4 rings (SSSR count). The Hall–Kier alpha value is -2.95. The zero-order valence-electron chi connectivity index (χ0n) is 15.2. The molecule has 0 fully saturated rings. The highest BCUT2D eigenvalue weighted by molar-refractivity contribution is 6.22. The molecule has 0 amide bonds. The van der Waals surface area contributed by atoms with Crippen LogP contribution in [0.5, 0.6) is 23.0 Å². The molecule has 26 heavy (non-hydrogen) atoms. The van der Waals surface area contributed by atoms with Crippen LogP contribution in [0.2, 0.25) is 0 Å². The van der Waals surface area contributed by atoms with Gasteiger partial charge in [0.15, 0.2) is 23.0 Å². The molecule has 2 aliphatic heterocycles. The molecule has 134 valence electrons. The summed E-state index contributed by atoms with van der Waals surface area (Å²) in [4.78, 5) is 4.74. The molecule has 0 atom stereocenters. The summed E-state index contributed by atoms with van der Waals surface area (Å²) in [6.45, 7) is 3.03. The highest BCUT2D eigenvalue weighted by atomic mass is 16.7. The van der Waals surface area contributed by atoms with Crippen LogP contribution in [-0.2, 0) is 6.42 Å². The molecule has 2 aliphatic rings. The molecular formula is C21H21NO4. The Morgan fingerprint density at radius 1 is 1.08 bits per heavy atom. The number of rotatable bonds is 3. The van der Waals surface area contributed by atoms with Gasteiger partial charge in [-0.3, -0.25) is 4.99 Å². The zero-order chi connectivity index (χ0) is 18.1. The second kappa shape index (κ2) is 6.75. The molecule has 0 spiro atoms. The van der Waals surface area contributed by atoms with Gasteiger partial charge in [-0.25, -0.2) is 0 Å². The Morgan fingerprint density at radius 3 is 2.62 bits per heavy atom. The molecule has 2 heterocycles. The van der Waals surface area contributed by atoms with Crippen LogP contribution in [-0.4, -0.2) is 33.3 Å². The van der Waals surface area contributed by atoms with E-state index in [2.05, 4.69) is 12.1 Å². The van der Waals surface area contributed by atoms with Crippen LogP contribution in [0.3, 0.4) is 0 Å². The van der Waals surface area contributed by atoms with Gasteiger partial charge in [0, 0.05) is 17.3 Å². The summed E-state index contributed by atoms with van der Waals surface area (Å²) in [6, 6.07) is 8.05. The first-order valence-electron chi connectivity index (χ1n) is 8.61. The number of hydrogen-bond donors (Lipinski definition) is 0. The third kappa shape index (κ3) is 2.69. The number of hydrogen-bond acceptors (Lipinski definition) is 5. The van der Waals surface area contributed by atoms with Crippen molar-refractivity contribution in [3.63, 3.8) is 0 Å². The topological polar surface area (TPSA) is 49.3 Å². The van der Waals surface area contributed by atoms with Gasteiger partial charge in [0.2, 0.25) is 6.79 Å². The lowest BCUT2D eigenvalue weighted by Crippen LogP contribution is -2.28. The smallest absolute Gasteiger partial charge is 0.231 e. The third-order valence-electron chi connectivity index (χ3n) is 4.74. The molecule has 0 aromatic heterocycles. The molecule has 0 N–H and O–H groups in total. The van der Waals surface area contributed by atoms with E-state index >= 15 is 0 Å². The number of aliphatic imine (C=N–C) groups is 1. The molecule has 5 heteroatoms. The van der Waals surface area contributed by atoms with E-state index in [1.165, 1.54) is 5.56 Å². The zero-order valence-corrected chi connectivity index (χ0v) is 15.2. The number of benzene rings is 2. The van der Waals surface area contributed by atoms with Crippen LogP contribution in [0, 0.1) is 0 Å². The fourth-order valence-electron chi connectivity index (χ4n) is 3.47. The molecule has 0 unspecified atom stereocenters. The molecule has 5 nitrogen and oxygen atoms in total. The normalized spacial score (nSPS) is 16.3. The van der Waals surface area contributed by atoms with Crippen LogP contribution in [0.1, 0.15) is 18.1 Å². The van der Waals surface area contributed by atoms with Crippen molar-refractivity contribution in [2.45, 2.75) is 13.3 Å². The van der Waals surface area contributed by atoms with Gasteiger partial charge in [0.05, 0.1) is 19.9 Å². The fraction of sp³-hybridized carbons (Fsp3) is 0.286. The Balaban J connectivity index is 1.88. The summed E-state index contributed by atoms with van der Waals surface area (Å²) in [6.07, 6.45) is 5.02. The van der Waals surface area contributed by atoms with Crippen molar-refractivity contribution < 1.29 is 18.9 Å². The first-order valence-corrected chi connectivity index (χ1v) is 8.61. The van der Waals surface area contributed by atoms with Gasteiger partial charge in [-0.2, -0.15) is 0 Å². The molecule has 0 saturated carbocycles. The maximum Gasteiger partial charge on any atom is 0.231 e. The predicted molar refractivity (Wildman–Crippen MR) is 101 cm³/mol. The molecular weight excluding hydrogens is 330 g/mol. The van der Waals surface area contributed by atoms with E-state index in [1.807, 2.05) is 31.2 Å². The Morgan fingerprint density at radius 2 is 1.88 bits per heavy atom. The third-order valence-corrected chi connectivity index (χ3v) is 4.74. The van der Waals surface area contributed by atoms with Gasteiger partial charge in [0.25, 0.3) is 0 Å². The van der Waals surface area contributed by atoms with Crippen molar-refractivity contribution in [2.24, 2.45) is 4.99 Å². The lowest BCUT2D eigenvalue weighted by atomic mass is 9.96. The summed E-state index contributed by atoms with van der Waals surface area (Å²) in [5.41, 5.74) is 3.27. The summed E-state index contributed by atoms with van der Waals surface area (Å²) >= 11 is 0.